The molecule has 0 spiro atoms. The van der Waals surface area contributed by atoms with Crippen LogP contribution >= 0.6 is 39.5 Å². The summed E-state index contributed by atoms with van der Waals surface area (Å²) in [6.07, 6.45) is 1.97. The predicted molar refractivity (Wildman–Crippen MR) is 61.0 cm³/mol. The molecular weight excluding hydrogens is 258 g/mol. The Morgan fingerprint density at radius 1 is 1.50 bits per heavy atom. The van der Waals surface area contributed by atoms with Gasteiger partial charge in [0.1, 0.15) is 0 Å². The average molecular weight is 267 g/mol. The molecule has 0 amide bonds. The van der Waals surface area contributed by atoms with E-state index in [1.54, 1.807) is 0 Å². The van der Waals surface area contributed by atoms with E-state index in [4.69, 9.17) is 11.6 Å². The molecule has 0 radical (unpaired) electrons. The zero-order chi connectivity index (χ0) is 9.14. The van der Waals surface area contributed by atoms with E-state index in [-0.39, 0.29) is 0 Å². The van der Waals surface area contributed by atoms with Crippen LogP contribution < -0.4 is 4.72 Å². The number of hydrogen-bond donors (Lipinski definition) is 1. The number of aryl methyl sites for hydroxylation is 1. The standard InChI is InChI=1S/C8H9BrClNS/c1-5-3-6(9)4-7(10)8(5)11-12-2/h3-4,11H,1-2H3. The molecule has 0 fully saturated rings. The van der Waals surface area contributed by atoms with Gasteiger partial charge in [-0.15, -0.1) is 0 Å². The maximum Gasteiger partial charge on any atom is 0.0659 e. The van der Waals surface area contributed by atoms with Gasteiger partial charge in [-0.05, 0) is 24.6 Å². The van der Waals surface area contributed by atoms with Crippen molar-refractivity contribution in [2.45, 2.75) is 6.92 Å². The van der Waals surface area contributed by atoms with E-state index in [1.807, 2.05) is 25.3 Å². The first-order valence-electron chi connectivity index (χ1n) is 3.40. The third-order valence-corrected chi connectivity index (χ3v) is 2.62. The fraction of sp³-hybridized carbons (Fsp3) is 0.250. The minimum absolute atomic E-state index is 0.747. The van der Waals surface area contributed by atoms with Crippen molar-refractivity contribution in [2.24, 2.45) is 0 Å². The summed E-state index contributed by atoms with van der Waals surface area (Å²) in [6.45, 7) is 2.02. The fourth-order valence-corrected chi connectivity index (χ4v) is 2.48. The van der Waals surface area contributed by atoms with Gasteiger partial charge < -0.3 is 4.72 Å². The smallest absolute Gasteiger partial charge is 0.0659 e. The molecule has 0 atom stereocenters. The quantitative estimate of drug-likeness (QED) is 0.809. The molecule has 1 nitrogen and oxygen atoms in total. The van der Waals surface area contributed by atoms with Gasteiger partial charge in [0.15, 0.2) is 0 Å². The van der Waals surface area contributed by atoms with Gasteiger partial charge in [-0.1, -0.05) is 39.5 Å². The summed E-state index contributed by atoms with van der Waals surface area (Å²) in [5, 5.41) is 0.747. The summed E-state index contributed by atoms with van der Waals surface area (Å²) >= 11 is 10.9. The van der Waals surface area contributed by atoms with Crippen molar-refractivity contribution >= 4 is 45.2 Å². The van der Waals surface area contributed by atoms with Crippen LogP contribution in [0.1, 0.15) is 5.56 Å². The zero-order valence-electron chi connectivity index (χ0n) is 6.82. The molecule has 0 bridgehead atoms. The van der Waals surface area contributed by atoms with Crippen LogP contribution in [0.2, 0.25) is 5.02 Å². The van der Waals surface area contributed by atoms with Crippen LogP contribution in [0.25, 0.3) is 0 Å². The van der Waals surface area contributed by atoms with Crippen molar-refractivity contribution < 1.29 is 0 Å². The molecule has 0 aliphatic rings. The van der Waals surface area contributed by atoms with Gasteiger partial charge in [-0.3, -0.25) is 0 Å². The van der Waals surface area contributed by atoms with Crippen molar-refractivity contribution in [3.8, 4) is 0 Å². The lowest BCUT2D eigenvalue weighted by atomic mass is 10.2. The lowest BCUT2D eigenvalue weighted by molar-refractivity contribution is 1.45. The first-order valence-corrected chi connectivity index (χ1v) is 5.79. The van der Waals surface area contributed by atoms with Gasteiger partial charge in [0.2, 0.25) is 0 Å². The molecule has 1 aromatic rings. The monoisotopic (exact) mass is 265 g/mol. The molecular formula is C8H9BrClNS. The van der Waals surface area contributed by atoms with E-state index in [0.717, 1.165) is 20.7 Å². The Morgan fingerprint density at radius 2 is 2.17 bits per heavy atom. The maximum absolute atomic E-state index is 6.01. The molecule has 0 saturated heterocycles. The largest absolute Gasteiger partial charge is 0.328 e. The second kappa shape index (κ2) is 4.40. The molecule has 1 rings (SSSR count). The summed E-state index contributed by atoms with van der Waals surface area (Å²) in [5.41, 5.74) is 2.14. The van der Waals surface area contributed by atoms with Crippen LogP contribution in [-0.4, -0.2) is 6.26 Å². The van der Waals surface area contributed by atoms with Crippen molar-refractivity contribution in [3.63, 3.8) is 0 Å². The number of halogens is 2. The van der Waals surface area contributed by atoms with Gasteiger partial charge in [0.25, 0.3) is 0 Å². The Hall–Kier alpha value is 0.140. The van der Waals surface area contributed by atoms with Crippen LogP contribution in [0.3, 0.4) is 0 Å². The van der Waals surface area contributed by atoms with Gasteiger partial charge >= 0.3 is 0 Å². The summed E-state index contributed by atoms with van der Waals surface area (Å²) < 4.78 is 4.15. The maximum atomic E-state index is 6.01. The van der Waals surface area contributed by atoms with Crippen molar-refractivity contribution in [1.29, 1.82) is 0 Å². The highest BCUT2D eigenvalue weighted by molar-refractivity contribution is 9.10. The van der Waals surface area contributed by atoms with Crippen LogP contribution in [0.15, 0.2) is 16.6 Å². The summed E-state index contributed by atoms with van der Waals surface area (Å²) in [7, 11) is 0. The highest BCUT2D eigenvalue weighted by atomic mass is 79.9. The van der Waals surface area contributed by atoms with E-state index in [2.05, 4.69) is 20.7 Å². The van der Waals surface area contributed by atoms with Crippen molar-refractivity contribution in [2.75, 3.05) is 11.0 Å². The summed E-state index contributed by atoms with van der Waals surface area (Å²) in [4.78, 5) is 0. The molecule has 4 heteroatoms. The van der Waals surface area contributed by atoms with Crippen LogP contribution in [0.5, 0.6) is 0 Å². The molecule has 1 N–H and O–H groups in total. The number of anilines is 1. The lowest BCUT2D eigenvalue weighted by Gasteiger charge is -2.08. The molecule has 0 aliphatic carbocycles. The first kappa shape index (κ1) is 10.2. The van der Waals surface area contributed by atoms with Gasteiger partial charge in [0.05, 0.1) is 10.7 Å². The Labute approximate surface area is 90.1 Å². The minimum Gasteiger partial charge on any atom is -0.328 e. The van der Waals surface area contributed by atoms with Gasteiger partial charge in [-0.25, -0.2) is 0 Å². The van der Waals surface area contributed by atoms with Crippen molar-refractivity contribution in [3.05, 3.63) is 27.2 Å². The number of rotatable bonds is 2. The second-order valence-corrected chi connectivity index (χ2v) is 4.32. The van der Waals surface area contributed by atoms with E-state index in [9.17, 15) is 0 Å². The molecule has 0 aromatic heterocycles. The number of nitrogens with one attached hydrogen (secondary N) is 1. The Morgan fingerprint density at radius 3 is 2.67 bits per heavy atom. The van der Waals surface area contributed by atoms with E-state index in [1.165, 1.54) is 11.9 Å². The highest BCUT2D eigenvalue weighted by Crippen LogP contribution is 2.30. The number of hydrogen-bond acceptors (Lipinski definition) is 2. The van der Waals surface area contributed by atoms with Crippen LogP contribution in [0.4, 0.5) is 5.69 Å². The van der Waals surface area contributed by atoms with Crippen LogP contribution in [-0.2, 0) is 0 Å². The average Bonchev–Trinajstić information content (AvgIpc) is 1.96. The van der Waals surface area contributed by atoms with E-state index >= 15 is 0 Å². The Balaban J connectivity index is 3.10. The fourth-order valence-electron chi connectivity index (χ4n) is 0.934. The minimum atomic E-state index is 0.747. The second-order valence-electron chi connectivity index (χ2n) is 2.39. The molecule has 0 heterocycles. The molecule has 0 unspecified atom stereocenters. The Bertz CT molecular complexity index is 267. The van der Waals surface area contributed by atoms with E-state index < -0.39 is 0 Å². The van der Waals surface area contributed by atoms with Gasteiger partial charge in [-0.2, -0.15) is 0 Å². The molecule has 12 heavy (non-hydrogen) atoms. The van der Waals surface area contributed by atoms with Crippen molar-refractivity contribution in [1.82, 2.24) is 0 Å². The third kappa shape index (κ3) is 2.31. The number of benzene rings is 1. The lowest BCUT2D eigenvalue weighted by Crippen LogP contribution is -1.89. The summed E-state index contributed by atoms with van der Waals surface area (Å²) in [6, 6.07) is 3.91. The Kier molecular flexibility index (Phi) is 3.75. The summed E-state index contributed by atoms with van der Waals surface area (Å²) in [5.74, 6) is 0. The molecule has 66 valence electrons. The topological polar surface area (TPSA) is 12.0 Å². The molecule has 1 aromatic carbocycles. The molecule has 0 aliphatic heterocycles. The highest BCUT2D eigenvalue weighted by Gasteiger charge is 2.03. The third-order valence-electron chi connectivity index (χ3n) is 1.46. The van der Waals surface area contributed by atoms with Crippen LogP contribution in [0, 0.1) is 6.92 Å². The predicted octanol–water partition coefficient (Wildman–Crippen LogP) is 4.10. The SMILES string of the molecule is CSNc1c(C)cc(Br)cc1Cl. The zero-order valence-corrected chi connectivity index (χ0v) is 9.98. The van der Waals surface area contributed by atoms with E-state index in [0.29, 0.717) is 0 Å². The normalized spacial score (nSPS) is 10.0. The molecule has 0 saturated carbocycles. The van der Waals surface area contributed by atoms with Gasteiger partial charge in [0, 0.05) is 10.7 Å². The first-order chi connectivity index (χ1) is 5.65.